The number of esters is 13. The van der Waals surface area contributed by atoms with Crippen LogP contribution in [0.3, 0.4) is 0 Å². The van der Waals surface area contributed by atoms with Crippen molar-refractivity contribution in [1.82, 2.24) is 0 Å². The predicted molar refractivity (Wildman–Crippen MR) is 333 cm³/mol. The highest BCUT2D eigenvalue weighted by Gasteiger charge is 2.44. The molecule has 26 heteroatoms. The summed E-state index contributed by atoms with van der Waals surface area (Å²) in [7, 11) is 0. The first kappa shape index (κ1) is 86.1. The first-order valence-electron chi connectivity index (χ1n) is 33.5. The monoisotopic (exact) mass is 1330 g/mol. The highest BCUT2D eigenvalue weighted by atomic mass is 16.6. The van der Waals surface area contributed by atoms with Crippen LogP contribution in [0.5, 0.6) is 0 Å². The Balaban J connectivity index is 8.13. The molecule has 534 valence electrons. The van der Waals surface area contributed by atoms with Crippen LogP contribution in [0.25, 0.3) is 0 Å². The minimum atomic E-state index is -1.40. The van der Waals surface area contributed by atoms with E-state index in [2.05, 4.69) is 0 Å². The molecule has 0 bridgehead atoms. The summed E-state index contributed by atoms with van der Waals surface area (Å²) in [4.78, 5) is 181. The standard InChI is InChI=1S/C67H110O26/c1-16-43(56(69)82-18-3)31-45(58(71)84-20-5)33-47(60(73)86-22-7)35-49(62(75)88-24-9)37-51(64(77)90-26-11)39-53(66(79)92-28-13)41-54(67(80)93-29-14)40-52(65(78)91-27-12)38-50(63(76)89-25-10)36-48(61(74)87-23-8)34-46(59(72)85-21-6)32-44(57(70)83-19-4)30-42(15)55(68)81-17-2/h42-54H,16-41H2,1-15H3. The molecule has 0 saturated carbocycles. The lowest BCUT2D eigenvalue weighted by Gasteiger charge is -2.30. The SMILES string of the molecule is CCOC(=O)C(C)CC(CC(CC(CC(CC(CC(CC(CC(CC(CC(CC(CC(CC)C(=O)OCC)C(=O)OCC)C(=O)OCC)C(=O)OCC)C(=O)OCC)C(=O)OCC)C(=O)OCC)C(=O)OCC)C(=O)OCC)C(=O)OCC)C(=O)OCC)C(=O)OCC. The molecule has 0 spiro atoms. The Morgan fingerprint density at radius 3 is 0.409 bits per heavy atom. The fraction of sp³-hybridized carbons (Fsp3) is 0.806. The van der Waals surface area contributed by atoms with E-state index in [9.17, 15) is 62.3 Å². The van der Waals surface area contributed by atoms with Gasteiger partial charge in [0, 0.05) is 0 Å². The number of carbonyl (C=O) groups excluding carboxylic acids is 13. The van der Waals surface area contributed by atoms with Gasteiger partial charge in [0.1, 0.15) is 0 Å². The highest BCUT2D eigenvalue weighted by Crippen LogP contribution is 2.38. The maximum absolute atomic E-state index is 14.4. The van der Waals surface area contributed by atoms with Crippen molar-refractivity contribution in [3.05, 3.63) is 0 Å². The molecule has 0 saturated heterocycles. The molecule has 0 amide bonds. The first-order chi connectivity index (χ1) is 44.3. The predicted octanol–water partition coefficient (Wildman–Crippen LogP) is 8.43. The van der Waals surface area contributed by atoms with E-state index >= 15 is 0 Å². The minimum absolute atomic E-state index is 0.0262. The van der Waals surface area contributed by atoms with E-state index in [0.717, 1.165) is 0 Å². The van der Waals surface area contributed by atoms with Crippen molar-refractivity contribution >= 4 is 77.6 Å². The fourth-order valence-corrected chi connectivity index (χ4v) is 11.3. The largest absolute Gasteiger partial charge is 0.466 e. The molecule has 0 aromatic carbocycles. The zero-order valence-corrected chi connectivity index (χ0v) is 58.0. The maximum atomic E-state index is 14.4. The van der Waals surface area contributed by atoms with E-state index in [1.807, 2.05) is 0 Å². The molecular weight excluding hydrogens is 1220 g/mol. The second-order valence-electron chi connectivity index (χ2n) is 22.3. The number of rotatable bonds is 51. The van der Waals surface area contributed by atoms with Crippen molar-refractivity contribution in [3.63, 3.8) is 0 Å². The molecule has 0 N–H and O–H groups in total. The lowest BCUT2D eigenvalue weighted by atomic mass is 9.76. The summed E-state index contributed by atoms with van der Waals surface area (Å²) in [5.41, 5.74) is 0. The topological polar surface area (TPSA) is 342 Å². The normalized spacial score (nSPS) is 15.3. The van der Waals surface area contributed by atoms with E-state index in [4.69, 9.17) is 61.6 Å². The summed E-state index contributed by atoms with van der Waals surface area (Å²) in [5.74, 6) is -26.0. The van der Waals surface area contributed by atoms with Gasteiger partial charge in [-0.05, 0) is 173 Å². The Bertz CT molecular complexity index is 2300. The molecule has 26 nitrogen and oxygen atoms in total. The molecule has 0 aromatic rings. The van der Waals surface area contributed by atoms with Crippen LogP contribution in [0.1, 0.15) is 187 Å². The van der Waals surface area contributed by atoms with Gasteiger partial charge in [-0.25, -0.2) is 0 Å². The smallest absolute Gasteiger partial charge is 0.308 e. The Labute approximate surface area is 549 Å². The third-order valence-corrected chi connectivity index (χ3v) is 15.5. The Hall–Kier alpha value is -6.89. The van der Waals surface area contributed by atoms with Gasteiger partial charge in [0.2, 0.25) is 0 Å². The number of ether oxygens (including phenoxy) is 13. The van der Waals surface area contributed by atoms with Crippen LogP contribution in [0.4, 0.5) is 0 Å². The third kappa shape index (κ3) is 32.7. The van der Waals surface area contributed by atoms with Crippen molar-refractivity contribution in [3.8, 4) is 0 Å². The van der Waals surface area contributed by atoms with E-state index in [-0.39, 0.29) is 131 Å². The van der Waals surface area contributed by atoms with Gasteiger partial charge in [-0.2, -0.15) is 0 Å². The van der Waals surface area contributed by atoms with Crippen LogP contribution in [0.15, 0.2) is 0 Å². The fourth-order valence-electron chi connectivity index (χ4n) is 11.3. The van der Waals surface area contributed by atoms with Gasteiger partial charge >= 0.3 is 77.6 Å². The van der Waals surface area contributed by atoms with E-state index in [1.165, 1.54) is 34.6 Å². The van der Waals surface area contributed by atoms with Crippen molar-refractivity contribution in [2.24, 2.45) is 76.9 Å². The Morgan fingerprint density at radius 1 is 0.172 bits per heavy atom. The zero-order chi connectivity index (χ0) is 70.6. The van der Waals surface area contributed by atoms with Gasteiger partial charge in [-0.3, -0.25) is 62.3 Å². The molecular formula is C67H110O26. The molecule has 0 aromatic heterocycles. The van der Waals surface area contributed by atoms with E-state index < -0.39 is 193 Å². The number of hydrogen-bond acceptors (Lipinski definition) is 26. The average Bonchev–Trinajstić information content (AvgIpc) is 0.933. The Kier molecular flexibility index (Phi) is 46.0. The first-order valence-corrected chi connectivity index (χ1v) is 33.5. The molecule has 93 heavy (non-hydrogen) atoms. The van der Waals surface area contributed by atoms with Gasteiger partial charge in [0.15, 0.2) is 0 Å². The van der Waals surface area contributed by atoms with Gasteiger partial charge in [-0.15, -0.1) is 0 Å². The summed E-state index contributed by atoms with van der Waals surface area (Å²) in [6.07, 6.45) is -3.79. The van der Waals surface area contributed by atoms with Crippen LogP contribution in [-0.4, -0.2) is 163 Å². The van der Waals surface area contributed by atoms with Crippen LogP contribution < -0.4 is 0 Å². The van der Waals surface area contributed by atoms with E-state index in [1.54, 1.807) is 69.2 Å². The zero-order valence-electron chi connectivity index (χ0n) is 58.0. The highest BCUT2D eigenvalue weighted by molar-refractivity contribution is 5.83. The van der Waals surface area contributed by atoms with Gasteiger partial charge in [0.05, 0.1) is 163 Å². The summed E-state index contributed by atoms with van der Waals surface area (Å²) in [5, 5.41) is 0. The molecule has 13 atom stereocenters. The van der Waals surface area contributed by atoms with Gasteiger partial charge < -0.3 is 61.6 Å². The van der Waals surface area contributed by atoms with Crippen LogP contribution in [-0.2, 0) is 124 Å². The quantitative estimate of drug-likeness (QED) is 0.0407. The van der Waals surface area contributed by atoms with Crippen molar-refractivity contribution in [2.75, 3.05) is 85.9 Å². The van der Waals surface area contributed by atoms with Crippen LogP contribution in [0.2, 0.25) is 0 Å². The Morgan fingerprint density at radius 2 is 0.280 bits per heavy atom. The number of carbonyl (C=O) groups is 13. The average molecular weight is 1330 g/mol. The summed E-state index contributed by atoms with van der Waals surface area (Å²) >= 11 is 0. The third-order valence-electron chi connectivity index (χ3n) is 15.5. The van der Waals surface area contributed by atoms with Crippen LogP contribution in [0, 0.1) is 76.9 Å². The van der Waals surface area contributed by atoms with Crippen molar-refractivity contribution in [1.29, 1.82) is 0 Å². The maximum Gasteiger partial charge on any atom is 0.308 e. The molecule has 0 aliphatic carbocycles. The van der Waals surface area contributed by atoms with Crippen molar-refractivity contribution < 1.29 is 124 Å². The second-order valence-corrected chi connectivity index (χ2v) is 22.3. The van der Waals surface area contributed by atoms with E-state index in [0.29, 0.717) is 0 Å². The summed E-state index contributed by atoms with van der Waals surface area (Å²) in [6.45, 7) is 22.4. The minimum Gasteiger partial charge on any atom is -0.466 e. The van der Waals surface area contributed by atoms with Gasteiger partial charge in [0.25, 0.3) is 0 Å². The molecule has 0 radical (unpaired) electrons. The molecule has 0 rings (SSSR count). The second kappa shape index (κ2) is 49.7. The lowest BCUT2D eigenvalue weighted by Crippen LogP contribution is -2.36. The lowest BCUT2D eigenvalue weighted by molar-refractivity contribution is -0.160. The van der Waals surface area contributed by atoms with Gasteiger partial charge in [-0.1, -0.05) is 13.8 Å². The molecule has 0 heterocycles. The van der Waals surface area contributed by atoms with Crippen molar-refractivity contribution in [2.45, 2.75) is 187 Å². The molecule has 13 unspecified atom stereocenters. The molecule has 0 aliphatic heterocycles. The number of hydrogen-bond donors (Lipinski definition) is 0. The molecule has 0 fully saturated rings. The molecule has 0 aliphatic rings. The summed E-state index contributed by atoms with van der Waals surface area (Å²) in [6, 6.07) is 0. The summed E-state index contributed by atoms with van der Waals surface area (Å²) < 4.78 is 71.0. The van der Waals surface area contributed by atoms with Crippen LogP contribution >= 0.6 is 0 Å².